The first-order chi connectivity index (χ1) is 14.1. The number of para-hydroxylation sites is 2. The number of aromatic amines is 2. The molecule has 148 valence electrons. The molecule has 29 heavy (non-hydrogen) atoms. The maximum absolute atomic E-state index is 12.8. The molecule has 6 heteroatoms. The molecule has 0 saturated heterocycles. The number of rotatable bonds is 7. The molecule has 4 N–H and O–H groups in total. The third-order valence-corrected chi connectivity index (χ3v) is 5.16. The molecular formula is C23H24N4O2. The zero-order valence-electron chi connectivity index (χ0n) is 16.3. The normalized spacial score (nSPS) is 12.2. The first-order valence-electron chi connectivity index (χ1n) is 9.76. The Morgan fingerprint density at radius 2 is 1.48 bits per heavy atom. The molecule has 2 amide bonds. The van der Waals surface area contributed by atoms with Gasteiger partial charge in [0.25, 0.3) is 0 Å². The fraction of sp³-hybridized carbons (Fsp3) is 0.217. The van der Waals surface area contributed by atoms with Crippen LogP contribution < -0.4 is 10.6 Å². The Hall–Kier alpha value is -3.54. The van der Waals surface area contributed by atoms with Crippen molar-refractivity contribution in [2.24, 2.45) is 0 Å². The van der Waals surface area contributed by atoms with Crippen LogP contribution in [0.2, 0.25) is 0 Å². The number of carbonyl (C=O) groups excluding carboxylic acids is 2. The molecule has 0 bridgehead atoms. The lowest BCUT2D eigenvalue weighted by Crippen LogP contribution is -2.47. The number of hydrogen-bond donors (Lipinski definition) is 4. The highest BCUT2D eigenvalue weighted by molar-refractivity contribution is 5.89. The van der Waals surface area contributed by atoms with E-state index < -0.39 is 6.04 Å². The molecule has 4 rings (SSSR count). The van der Waals surface area contributed by atoms with E-state index in [1.807, 2.05) is 54.9 Å². The quantitative estimate of drug-likeness (QED) is 0.392. The summed E-state index contributed by atoms with van der Waals surface area (Å²) in [6.45, 7) is 1.94. The summed E-state index contributed by atoms with van der Waals surface area (Å²) < 4.78 is 0. The van der Waals surface area contributed by atoms with E-state index in [9.17, 15) is 9.59 Å². The molecule has 1 atom stereocenters. The van der Waals surface area contributed by atoms with Crippen molar-refractivity contribution in [1.29, 1.82) is 0 Å². The summed E-state index contributed by atoms with van der Waals surface area (Å²) in [4.78, 5) is 30.9. The maximum atomic E-state index is 12.8. The Morgan fingerprint density at radius 1 is 0.897 bits per heavy atom. The van der Waals surface area contributed by atoms with Crippen LogP contribution in [0.5, 0.6) is 0 Å². The fourth-order valence-electron chi connectivity index (χ4n) is 3.76. The van der Waals surface area contributed by atoms with Gasteiger partial charge in [-0.15, -0.1) is 0 Å². The van der Waals surface area contributed by atoms with Crippen LogP contribution in [0, 0.1) is 0 Å². The lowest BCUT2D eigenvalue weighted by Gasteiger charge is -2.17. The summed E-state index contributed by atoms with van der Waals surface area (Å²) >= 11 is 0. The van der Waals surface area contributed by atoms with Crippen LogP contribution in [0.25, 0.3) is 21.8 Å². The predicted octanol–water partition coefficient (Wildman–Crippen LogP) is 3.06. The van der Waals surface area contributed by atoms with Crippen LogP contribution in [-0.2, 0) is 22.4 Å². The summed E-state index contributed by atoms with van der Waals surface area (Å²) in [7, 11) is 0. The molecule has 4 aromatic rings. The molecule has 2 aromatic carbocycles. The fourth-order valence-corrected chi connectivity index (χ4v) is 3.76. The molecule has 0 aliphatic carbocycles. The number of amides is 2. The van der Waals surface area contributed by atoms with E-state index in [0.29, 0.717) is 13.0 Å². The monoisotopic (exact) mass is 388 g/mol. The summed E-state index contributed by atoms with van der Waals surface area (Å²) in [5, 5.41) is 7.99. The van der Waals surface area contributed by atoms with Crippen LogP contribution >= 0.6 is 0 Å². The third-order valence-electron chi connectivity index (χ3n) is 5.16. The maximum Gasteiger partial charge on any atom is 0.242 e. The van der Waals surface area contributed by atoms with Crippen molar-refractivity contribution >= 4 is 33.6 Å². The molecule has 2 heterocycles. The number of aromatic nitrogens is 2. The Kier molecular flexibility index (Phi) is 5.33. The number of carbonyl (C=O) groups is 2. The molecule has 1 unspecified atom stereocenters. The van der Waals surface area contributed by atoms with Gasteiger partial charge >= 0.3 is 0 Å². The minimum absolute atomic E-state index is 0.176. The minimum atomic E-state index is -0.616. The van der Waals surface area contributed by atoms with Crippen molar-refractivity contribution in [2.75, 3.05) is 6.54 Å². The average molecular weight is 388 g/mol. The third kappa shape index (κ3) is 4.16. The summed E-state index contributed by atoms with van der Waals surface area (Å²) in [5.74, 6) is -0.396. The van der Waals surface area contributed by atoms with Gasteiger partial charge in [-0.3, -0.25) is 9.59 Å². The van der Waals surface area contributed by atoms with Crippen molar-refractivity contribution < 1.29 is 9.59 Å². The molecule has 0 fully saturated rings. The zero-order valence-corrected chi connectivity index (χ0v) is 16.3. The van der Waals surface area contributed by atoms with E-state index in [4.69, 9.17) is 0 Å². The van der Waals surface area contributed by atoms with Crippen molar-refractivity contribution in [1.82, 2.24) is 20.6 Å². The van der Waals surface area contributed by atoms with E-state index in [-0.39, 0.29) is 11.8 Å². The molecule has 0 aliphatic rings. The largest absolute Gasteiger partial charge is 0.361 e. The number of fused-ring (bicyclic) bond motifs is 2. The van der Waals surface area contributed by atoms with Gasteiger partial charge in [0.1, 0.15) is 6.04 Å². The van der Waals surface area contributed by atoms with Gasteiger partial charge in [-0.1, -0.05) is 36.4 Å². The van der Waals surface area contributed by atoms with Gasteiger partial charge in [-0.05, 0) is 29.7 Å². The number of nitrogens with one attached hydrogen (secondary N) is 4. The van der Waals surface area contributed by atoms with Crippen LogP contribution in [-0.4, -0.2) is 34.4 Å². The lowest BCUT2D eigenvalue weighted by atomic mass is 10.0. The number of H-pyrrole nitrogens is 2. The van der Waals surface area contributed by atoms with E-state index in [2.05, 4.69) is 26.7 Å². The van der Waals surface area contributed by atoms with Crippen molar-refractivity contribution in [3.8, 4) is 0 Å². The van der Waals surface area contributed by atoms with E-state index in [1.165, 1.54) is 12.3 Å². The van der Waals surface area contributed by atoms with E-state index in [1.54, 1.807) is 0 Å². The van der Waals surface area contributed by atoms with Crippen molar-refractivity contribution in [3.05, 3.63) is 72.1 Å². The molecule has 0 saturated carbocycles. The topological polar surface area (TPSA) is 89.8 Å². The Labute approximate surface area is 168 Å². The second-order valence-electron chi connectivity index (χ2n) is 7.22. The van der Waals surface area contributed by atoms with Crippen LogP contribution in [0.1, 0.15) is 18.1 Å². The number of hydrogen-bond acceptors (Lipinski definition) is 2. The lowest BCUT2D eigenvalue weighted by molar-refractivity contribution is -0.128. The highest BCUT2D eigenvalue weighted by Crippen LogP contribution is 2.20. The van der Waals surface area contributed by atoms with Gasteiger partial charge in [0.2, 0.25) is 11.8 Å². The van der Waals surface area contributed by atoms with Crippen molar-refractivity contribution in [3.63, 3.8) is 0 Å². The van der Waals surface area contributed by atoms with E-state index in [0.717, 1.165) is 34.0 Å². The molecule has 0 aliphatic heterocycles. The Balaban J connectivity index is 1.42. The standard InChI is InChI=1S/C23H24N4O2/c1-15(28)27-22(12-17-14-26-21-9-5-3-7-19(17)21)23(29)24-11-10-16-13-25-20-8-4-2-6-18(16)20/h2-9,13-14,22,25-26H,10-12H2,1H3,(H,24,29)(H,27,28). The first kappa shape index (κ1) is 18.8. The van der Waals surface area contributed by atoms with Crippen LogP contribution in [0.15, 0.2) is 60.9 Å². The first-order valence-corrected chi connectivity index (χ1v) is 9.76. The van der Waals surface area contributed by atoms with Crippen LogP contribution in [0.4, 0.5) is 0 Å². The van der Waals surface area contributed by atoms with E-state index >= 15 is 0 Å². The van der Waals surface area contributed by atoms with Gasteiger partial charge in [-0.2, -0.15) is 0 Å². The van der Waals surface area contributed by atoms with Gasteiger partial charge in [0.05, 0.1) is 0 Å². The predicted molar refractivity (Wildman–Crippen MR) is 115 cm³/mol. The molecular weight excluding hydrogens is 364 g/mol. The molecule has 0 spiro atoms. The number of benzene rings is 2. The van der Waals surface area contributed by atoms with Crippen molar-refractivity contribution in [2.45, 2.75) is 25.8 Å². The summed E-state index contributed by atoms with van der Waals surface area (Å²) in [5.41, 5.74) is 4.27. The van der Waals surface area contributed by atoms with Gasteiger partial charge in [0.15, 0.2) is 0 Å². The molecule has 0 radical (unpaired) electrons. The minimum Gasteiger partial charge on any atom is -0.361 e. The smallest absolute Gasteiger partial charge is 0.242 e. The van der Waals surface area contributed by atoms with Crippen LogP contribution in [0.3, 0.4) is 0 Å². The SMILES string of the molecule is CC(=O)NC(Cc1c[nH]c2ccccc12)C(=O)NCCc1c[nH]c2ccccc12. The second-order valence-corrected chi connectivity index (χ2v) is 7.22. The van der Waals surface area contributed by atoms with Gasteiger partial charge in [0, 0.05) is 54.1 Å². The highest BCUT2D eigenvalue weighted by Gasteiger charge is 2.21. The summed E-state index contributed by atoms with van der Waals surface area (Å²) in [6.07, 6.45) is 5.03. The second kappa shape index (κ2) is 8.22. The summed E-state index contributed by atoms with van der Waals surface area (Å²) in [6, 6.07) is 15.4. The molecule has 2 aromatic heterocycles. The van der Waals surface area contributed by atoms with Gasteiger partial charge in [-0.25, -0.2) is 0 Å². The Bertz CT molecular complexity index is 1160. The molecule has 6 nitrogen and oxygen atoms in total. The average Bonchev–Trinajstić information content (AvgIpc) is 3.32. The Morgan fingerprint density at radius 3 is 2.14 bits per heavy atom. The highest BCUT2D eigenvalue weighted by atomic mass is 16.2. The zero-order chi connectivity index (χ0) is 20.2. The van der Waals surface area contributed by atoms with Gasteiger partial charge < -0.3 is 20.6 Å².